The molecule has 2 aromatic carbocycles. The van der Waals surface area contributed by atoms with Crippen LogP contribution >= 0.6 is 15.9 Å². The quantitative estimate of drug-likeness (QED) is 0.394. The minimum absolute atomic E-state index is 0.501. The molecule has 5 atom stereocenters. The Bertz CT molecular complexity index is 1150. The van der Waals surface area contributed by atoms with Gasteiger partial charge in [0.05, 0.1) is 37.5 Å². The topological polar surface area (TPSA) is 117 Å². The van der Waals surface area contributed by atoms with Gasteiger partial charge in [-0.05, 0) is 29.8 Å². The van der Waals surface area contributed by atoms with Gasteiger partial charge in [-0.2, -0.15) is 5.10 Å². The Labute approximate surface area is 193 Å². The third-order valence-corrected chi connectivity index (χ3v) is 5.89. The Kier molecular flexibility index (Phi) is 6.81. The third kappa shape index (κ3) is 4.52. The zero-order chi connectivity index (χ0) is 22.8. The lowest BCUT2D eigenvalue weighted by Crippen LogP contribution is -2.58. The highest BCUT2D eigenvalue weighted by Crippen LogP contribution is 2.26. The van der Waals surface area contributed by atoms with Gasteiger partial charge in [0.25, 0.3) is 0 Å². The number of aliphatic hydroxyl groups is 4. The first-order valence-electron chi connectivity index (χ1n) is 10.0. The van der Waals surface area contributed by atoms with Crippen LogP contribution in [0, 0.1) is 11.8 Å². The fourth-order valence-electron chi connectivity index (χ4n) is 3.69. The van der Waals surface area contributed by atoms with Crippen molar-refractivity contribution in [3.8, 4) is 17.6 Å². The normalized spacial score (nSPS) is 25.4. The van der Waals surface area contributed by atoms with Gasteiger partial charge in [-0.1, -0.05) is 39.9 Å². The molecule has 0 spiro atoms. The van der Waals surface area contributed by atoms with Crippen LogP contribution in [-0.2, 0) is 11.3 Å². The van der Waals surface area contributed by atoms with Crippen molar-refractivity contribution in [2.24, 2.45) is 0 Å². The van der Waals surface area contributed by atoms with Crippen molar-refractivity contribution in [3.05, 3.63) is 58.2 Å². The summed E-state index contributed by atoms with van der Waals surface area (Å²) in [6, 6.07) is 11.5. The molecule has 4 rings (SSSR count). The van der Waals surface area contributed by atoms with Crippen LogP contribution < -0.4 is 4.74 Å². The first-order chi connectivity index (χ1) is 15.4. The highest BCUT2D eigenvalue weighted by atomic mass is 79.9. The monoisotopic (exact) mass is 502 g/mol. The molecular formula is C23H23BrN2O6. The van der Waals surface area contributed by atoms with Crippen molar-refractivity contribution >= 4 is 26.8 Å². The smallest absolute Gasteiger partial charge is 0.147 e. The Morgan fingerprint density at radius 2 is 1.88 bits per heavy atom. The fourth-order valence-corrected chi connectivity index (χ4v) is 4.16. The highest BCUT2D eigenvalue weighted by Gasteiger charge is 2.42. The van der Waals surface area contributed by atoms with E-state index in [9.17, 15) is 20.4 Å². The molecule has 1 saturated heterocycles. The van der Waals surface area contributed by atoms with Crippen molar-refractivity contribution in [1.82, 2.24) is 9.78 Å². The summed E-state index contributed by atoms with van der Waals surface area (Å²) in [7, 11) is 1.62. The standard InChI is InChI=1S/C23H23BrN2O6/c1-31-17-5-2-13(3-6-17)11-26-20-14(8-16(24)9-15(20)10-25-26)4-7-18-21(28)23(30)22(29)19(12-27)32-18/h2-3,5-6,8-10,18-19,21-23,27-30H,11-12H2,1H3/t18-,19-,21-,22-,23-/m1/s1. The number of aliphatic hydroxyl groups excluding tert-OH is 4. The molecule has 2 heterocycles. The van der Waals surface area contributed by atoms with Crippen molar-refractivity contribution in [1.29, 1.82) is 0 Å². The van der Waals surface area contributed by atoms with E-state index in [-0.39, 0.29) is 0 Å². The molecule has 0 aliphatic carbocycles. The van der Waals surface area contributed by atoms with Gasteiger partial charge in [0.1, 0.15) is 36.3 Å². The Morgan fingerprint density at radius 3 is 2.56 bits per heavy atom. The van der Waals surface area contributed by atoms with Gasteiger partial charge < -0.3 is 29.9 Å². The number of fused-ring (bicyclic) bond motifs is 1. The first kappa shape index (κ1) is 22.7. The molecule has 0 bridgehead atoms. The summed E-state index contributed by atoms with van der Waals surface area (Å²) in [4.78, 5) is 0. The predicted octanol–water partition coefficient (Wildman–Crippen LogP) is 1.05. The molecule has 32 heavy (non-hydrogen) atoms. The molecule has 1 fully saturated rings. The van der Waals surface area contributed by atoms with Crippen LogP contribution in [0.1, 0.15) is 11.1 Å². The second-order valence-electron chi connectivity index (χ2n) is 7.56. The Balaban J connectivity index is 1.68. The average Bonchev–Trinajstić information content (AvgIpc) is 3.19. The maximum absolute atomic E-state index is 10.3. The van der Waals surface area contributed by atoms with Crippen molar-refractivity contribution in [3.63, 3.8) is 0 Å². The molecule has 168 valence electrons. The van der Waals surface area contributed by atoms with Crippen LogP contribution in [0.25, 0.3) is 10.9 Å². The summed E-state index contributed by atoms with van der Waals surface area (Å²) < 4.78 is 13.3. The molecule has 8 nitrogen and oxygen atoms in total. The van der Waals surface area contributed by atoms with E-state index in [1.807, 2.05) is 41.1 Å². The molecule has 1 aliphatic rings. The van der Waals surface area contributed by atoms with Gasteiger partial charge >= 0.3 is 0 Å². The third-order valence-electron chi connectivity index (χ3n) is 5.43. The average molecular weight is 503 g/mol. The van der Waals surface area contributed by atoms with Crippen molar-refractivity contribution < 1.29 is 29.9 Å². The molecule has 1 aromatic heterocycles. The van der Waals surface area contributed by atoms with E-state index in [2.05, 4.69) is 32.9 Å². The van der Waals surface area contributed by atoms with Gasteiger partial charge in [-0.3, -0.25) is 4.68 Å². The van der Waals surface area contributed by atoms with E-state index in [1.165, 1.54) is 0 Å². The van der Waals surface area contributed by atoms with Crippen LogP contribution in [0.3, 0.4) is 0 Å². The van der Waals surface area contributed by atoms with E-state index in [0.29, 0.717) is 12.1 Å². The summed E-state index contributed by atoms with van der Waals surface area (Å²) in [6.07, 6.45) is -4.62. The Hall–Kier alpha value is -2.45. The molecule has 0 saturated carbocycles. The van der Waals surface area contributed by atoms with Crippen LogP contribution in [0.5, 0.6) is 5.75 Å². The largest absolute Gasteiger partial charge is 0.497 e. The maximum atomic E-state index is 10.3. The summed E-state index contributed by atoms with van der Waals surface area (Å²) in [5.41, 5.74) is 2.49. The number of benzene rings is 2. The number of ether oxygens (including phenoxy) is 2. The second-order valence-corrected chi connectivity index (χ2v) is 8.48. The summed E-state index contributed by atoms with van der Waals surface area (Å²) >= 11 is 3.49. The van der Waals surface area contributed by atoms with Crippen LogP contribution in [0.2, 0.25) is 0 Å². The molecule has 1 aliphatic heterocycles. The zero-order valence-corrected chi connectivity index (χ0v) is 18.8. The summed E-state index contributed by atoms with van der Waals surface area (Å²) in [6.45, 7) is 0.0166. The number of hydrogen-bond acceptors (Lipinski definition) is 7. The second kappa shape index (κ2) is 9.58. The molecule has 9 heteroatoms. The van der Waals surface area contributed by atoms with Crippen molar-refractivity contribution in [2.45, 2.75) is 37.1 Å². The minimum atomic E-state index is -1.47. The highest BCUT2D eigenvalue weighted by molar-refractivity contribution is 9.10. The lowest BCUT2D eigenvalue weighted by molar-refractivity contribution is -0.214. The first-order valence-corrected chi connectivity index (χ1v) is 10.8. The predicted molar refractivity (Wildman–Crippen MR) is 120 cm³/mol. The lowest BCUT2D eigenvalue weighted by Gasteiger charge is -2.37. The molecular weight excluding hydrogens is 480 g/mol. The minimum Gasteiger partial charge on any atom is -0.497 e. The Morgan fingerprint density at radius 1 is 1.12 bits per heavy atom. The van der Waals surface area contributed by atoms with E-state index in [1.54, 1.807) is 13.3 Å². The lowest BCUT2D eigenvalue weighted by atomic mass is 9.95. The number of aromatic nitrogens is 2. The van der Waals surface area contributed by atoms with Crippen LogP contribution in [0.4, 0.5) is 0 Å². The summed E-state index contributed by atoms with van der Waals surface area (Å²) in [5.74, 6) is 6.63. The van der Waals surface area contributed by atoms with Crippen LogP contribution in [-0.4, -0.2) is 74.4 Å². The number of halogens is 1. The molecule has 0 amide bonds. The fraction of sp³-hybridized carbons (Fsp3) is 0.348. The summed E-state index contributed by atoms with van der Waals surface area (Å²) in [5, 5.41) is 45.0. The number of nitrogens with zero attached hydrogens (tertiary/aromatic N) is 2. The maximum Gasteiger partial charge on any atom is 0.147 e. The molecule has 3 aromatic rings. The van der Waals surface area contributed by atoms with Gasteiger partial charge in [0, 0.05) is 9.86 Å². The number of methoxy groups -OCH3 is 1. The van der Waals surface area contributed by atoms with Gasteiger partial charge in [-0.25, -0.2) is 0 Å². The van der Waals surface area contributed by atoms with Crippen LogP contribution in [0.15, 0.2) is 47.1 Å². The van der Waals surface area contributed by atoms with E-state index >= 15 is 0 Å². The molecule has 0 unspecified atom stereocenters. The molecule has 4 N–H and O–H groups in total. The van der Waals surface area contributed by atoms with Crippen molar-refractivity contribution in [2.75, 3.05) is 13.7 Å². The van der Waals surface area contributed by atoms with Gasteiger partial charge in [-0.15, -0.1) is 0 Å². The van der Waals surface area contributed by atoms with Gasteiger partial charge in [0.15, 0.2) is 0 Å². The number of hydrogen-bond donors (Lipinski definition) is 4. The van der Waals surface area contributed by atoms with E-state index < -0.39 is 37.1 Å². The zero-order valence-electron chi connectivity index (χ0n) is 17.2. The van der Waals surface area contributed by atoms with E-state index in [4.69, 9.17) is 9.47 Å². The molecule has 0 radical (unpaired) electrons. The van der Waals surface area contributed by atoms with Gasteiger partial charge in [0.2, 0.25) is 0 Å². The van der Waals surface area contributed by atoms with E-state index in [0.717, 1.165) is 26.7 Å². The SMILES string of the molecule is COc1ccc(Cn2ncc3cc(Br)cc(C#C[C@H]4O[C@H](CO)[C@@H](O)[C@H](O)[C@@H]4O)c32)cc1. The number of rotatable bonds is 4.